The standard InChI is InChI=1S/C21H35N5O/c1-3-23-21(25-16-18-8-6-7-17(2)15-18)24-11-4-5-12-26-13-9-19(10-14-26)20(22)27/h6-8,15,19H,3-5,9-14,16H2,1-2H3,(H2,22,27)(H2,23,24,25). The lowest BCUT2D eigenvalue weighted by molar-refractivity contribution is -0.123. The minimum absolute atomic E-state index is 0.0789. The summed E-state index contributed by atoms with van der Waals surface area (Å²) in [4.78, 5) is 18.3. The third-order valence-electron chi connectivity index (χ3n) is 5.03. The Morgan fingerprint density at radius 3 is 2.70 bits per heavy atom. The molecule has 1 fully saturated rings. The Morgan fingerprint density at radius 1 is 1.26 bits per heavy atom. The van der Waals surface area contributed by atoms with E-state index in [9.17, 15) is 4.79 Å². The number of nitrogens with two attached hydrogens (primary N) is 1. The molecule has 0 aromatic heterocycles. The normalized spacial score (nSPS) is 16.3. The van der Waals surface area contributed by atoms with Gasteiger partial charge in [0.05, 0.1) is 6.54 Å². The first-order chi connectivity index (χ1) is 13.1. The Hall–Kier alpha value is -2.08. The minimum Gasteiger partial charge on any atom is -0.369 e. The molecule has 6 heteroatoms. The number of guanidine groups is 1. The molecular weight excluding hydrogens is 338 g/mol. The van der Waals surface area contributed by atoms with Gasteiger partial charge >= 0.3 is 0 Å². The van der Waals surface area contributed by atoms with Crippen LogP contribution in [-0.4, -0.2) is 49.5 Å². The van der Waals surface area contributed by atoms with Crippen molar-refractivity contribution in [1.82, 2.24) is 15.5 Å². The van der Waals surface area contributed by atoms with E-state index in [1.807, 2.05) is 0 Å². The molecule has 0 spiro atoms. The molecule has 1 heterocycles. The number of hydrogen-bond donors (Lipinski definition) is 3. The van der Waals surface area contributed by atoms with Crippen LogP contribution in [0.15, 0.2) is 29.3 Å². The van der Waals surface area contributed by atoms with Gasteiger partial charge in [-0.2, -0.15) is 0 Å². The highest BCUT2D eigenvalue weighted by Crippen LogP contribution is 2.16. The van der Waals surface area contributed by atoms with Crippen LogP contribution in [0.2, 0.25) is 0 Å². The van der Waals surface area contributed by atoms with Gasteiger partial charge in [-0.1, -0.05) is 29.8 Å². The molecule has 0 bridgehead atoms. The second-order valence-corrected chi connectivity index (χ2v) is 7.34. The summed E-state index contributed by atoms with van der Waals surface area (Å²) >= 11 is 0. The number of unbranched alkanes of at least 4 members (excludes halogenated alkanes) is 1. The number of carbonyl (C=O) groups is 1. The summed E-state index contributed by atoms with van der Waals surface area (Å²) in [5.74, 6) is 0.816. The Balaban J connectivity index is 1.64. The largest absolute Gasteiger partial charge is 0.369 e. The number of aliphatic imine (C=N–C) groups is 1. The van der Waals surface area contributed by atoms with Crippen molar-refractivity contribution in [2.24, 2.45) is 16.6 Å². The summed E-state index contributed by atoms with van der Waals surface area (Å²) in [5, 5.41) is 6.73. The molecule has 1 aliphatic heterocycles. The third-order valence-corrected chi connectivity index (χ3v) is 5.03. The Kier molecular flexibility index (Phi) is 9.11. The molecule has 1 amide bonds. The molecule has 0 atom stereocenters. The van der Waals surface area contributed by atoms with E-state index in [1.54, 1.807) is 0 Å². The van der Waals surface area contributed by atoms with Crippen LogP contribution < -0.4 is 16.4 Å². The van der Waals surface area contributed by atoms with Crippen LogP contribution >= 0.6 is 0 Å². The van der Waals surface area contributed by atoms with E-state index in [2.05, 4.69) is 58.6 Å². The van der Waals surface area contributed by atoms with Gasteiger partial charge in [0.25, 0.3) is 0 Å². The maximum atomic E-state index is 11.2. The predicted molar refractivity (Wildman–Crippen MR) is 112 cm³/mol. The SMILES string of the molecule is CCNC(=NCc1cccc(C)c1)NCCCCN1CCC(C(N)=O)CC1. The zero-order chi connectivity index (χ0) is 19.5. The summed E-state index contributed by atoms with van der Waals surface area (Å²) in [6, 6.07) is 8.47. The number of carbonyl (C=O) groups excluding carboxylic acids is 1. The number of rotatable bonds is 9. The van der Waals surface area contributed by atoms with Gasteiger partial charge in [0, 0.05) is 19.0 Å². The lowest BCUT2D eigenvalue weighted by Gasteiger charge is -2.30. The highest BCUT2D eigenvalue weighted by molar-refractivity contribution is 5.79. The number of nitrogens with zero attached hydrogens (tertiary/aromatic N) is 2. The van der Waals surface area contributed by atoms with Gasteiger partial charge in [-0.15, -0.1) is 0 Å². The maximum Gasteiger partial charge on any atom is 0.220 e. The summed E-state index contributed by atoms with van der Waals surface area (Å²) in [6.07, 6.45) is 4.06. The Morgan fingerprint density at radius 2 is 2.04 bits per heavy atom. The molecule has 150 valence electrons. The quantitative estimate of drug-likeness (QED) is 0.351. The van der Waals surface area contributed by atoms with Gasteiger partial charge in [-0.3, -0.25) is 4.79 Å². The molecule has 1 saturated heterocycles. The van der Waals surface area contributed by atoms with Crippen molar-refractivity contribution in [1.29, 1.82) is 0 Å². The van der Waals surface area contributed by atoms with Crippen LogP contribution in [0, 0.1) is 12.8 Å². The summed E-state index contributed by atoms with van der Waals surface area (Å²) in [6.45, 7) is 9.71. The minimum atomic E-state index is -0.139. The molecule has 27 heavy (non-hydrogen) atoms. The van der Waals surface area contributed by atoms with Gasteiger partial charge in [-0.05, 0) is 64.7 Å². The molecular formula is C21H35N5O. The van der Waals surface area contributed by atoms with Crippen molar-refractivity contribution < 1.29 is 4.79 Å². The maximum absolute atomic E-state index is 11.2. The fourth-order valence-corrected chi connectivity index (χ4v) is 3.43. The van der Waals surface area contributed by atoms with Gasteiger partial charge in [0.2, 0.25) is 5.91 Å². The Labute approximate surface area is 163 Å². The number of amides is 1. The van der Waals surface area contributed by atoms with Crippen LogP contribution in [-0.2, 0) is 11.3 Å². The fraction of sp³-hybridized carbons (Fsp3) is 0.619. The van der Waals surface area contributed by atoms with Gasteiger partial charge in [0.15, 0.2) is 5.96 Å². The summed E-state index contributed by atoms with van der Waals surface area (Å²) < 4.78 is 0. The molecule has 2 rings (SSSR count). The summed E-state index contributed by atoms with van der Waals surface area (Å²) in [7, 11) is 0. The first-order valence-corrected chi connectivity index (χ1v) is 10.2. The van der Waals surface area contributed by atoms with Gasteiger partial charge < -0.3 is 21.3 Å². The number of benzene rings is 1. The van der Waals surface area contributed by atoms with E-state index in [1.165, 1.54) is 11.1 Å². The highest BCUT2D eigenvalue weighted by atomic mass is 16.1. The molecule has 0 unspecified atom stereocenters. The van der Waals surface area contributed by atoms with E-state index in [0.717, 1.165) is 64.4 Å². The zero-order valence-electron chi connectivity index (χ0n) is 16.8. The number of primary amides is 1. The number of piperidine rings is 1. The van der Waals surface area contributed by atoms with E-state index < -0.39 is 0 Å². The average molecular weight is 374 g/mol. The van der Waals surface area contributed by atoms with Crippen LogP contribution in [0.5, 0.6) is 0 Å². The molecule has 0 aliphatic carbocycles. The second-order valence-electron chi connectivity index (χ2n) is 7.34. The van der Waals surface area contributed by atoms with Crippen molar-refractivity contribution in [3.05, 3.63) is 35.4 Å². The monoisotopic (exact) mass is 373 g/mol. The predicted octanol–water partition coefficient (Wildman–Crippen LogP) is 2.03. The molecule has 1 aliphatic rings. The molecule has 1 aromatic carbocycles. The third kappa shape index (κ3) is 7.99. The fourth-order valence-electron chi connectivity index (χ4n) is 3.43. The van der Waals surface area contributed by atoms with Crippen molar-refractivity contribution in [3.63, 3.8) is 0 Å². The lowest BCUT2D eigenvalue weighted by atomic mass is 9.96. The summed E-state index contributed by atoms with van der Waals surface area (Å²) in [5.41, 5.74) is 7.88. The van der Waals surface area contributed by atoms with Crippen molar-refractivity contribution in [2.75, 3.05) is 32.7 Å². The topological polar surface area (TPSA) is 82.8 Å². The van der Waals surface area contributed by atoms with E-state index in [0.29, 0.717) is 6.54 Å². The number of aryl methyl sites for hydroxylation is 1. The van der Waals surface area contributed by atoms with Crippen LogP contribution in [0.4, 0.5) is 0 Å². The van der Waals surface area contributed by atoms with E-state index >= 15 is 0 Å². The van der Waals surface area contributed by atoms with Crippen LogP contribution in [0.25, 0.3) is 0 Å². The van der Waals surface area contributed by atoms with E-state index in [-0.39, 0.29) is 11.8 Å². The lowest BCUT2D eigenvalue weighted by Crippen LogP contribution is -2.39. The van der Waals surface area contributed by atoms with Crippen molar-refractivity contribution >= 4 is 11.9 Å². The van der Waals surface area contributed by atoms with Crippen LogP contribution in [0.1, 0.15) is 43.7 Å². The highest BCUT2D eigenvalue weighted by Gasteiger charge is 2.22. The van der Waals surface area contributed by atoms with Crippen molar-refractivity contribution in [2.45, 2.75) is 46.1 Å². The number of likely N-dealkylation sites (tertiary alicyclic amines) is 1. The van der Waals surface area contributed by atoms with E-state index in [4.69, 9.17) is 5.73 Å². The molecule has 0 saturated carbocycles. The van der Waals surface area contributed by atoms with Crippen LogP contribution in [0.3, 0.4) is 0 Å². The van der Waals surface area contributed by atoms with Gasteiger partial charge in [0.1, 0.15) is 0 Å². The number of hydrogen-bond acceptors (Lipinski definition) is 3. The molecule has 6 nitrogen and oxygen atoms in total. The molecule has 4 N–H and O–H groups in total. The molecule has 1 aromatic rings. The van der Waals surface area contributed by atoms with Crippen molar-refractivity contribution in [3.8, 4) is 0 Å². The first kappa shape index (κ1) is 21.2. The Bertz CT molecular complexity index is 608. The average Bonchev–Trinajstić information content (AvgIpc) is 2.66. The zero-order valence-corrected chi connectivity index (χ0v) is 16.8. The first-order valence-electron chi connectivity index (χ1n) is 10.2. The second kappa shape index (κ2) is 11.6. The smallest absolute Gasteiger partial charge is 0.220 e. The molecule has 0 radical (unpaired) electrons. The van der Waals surface area contributed by atoms with Gasteiger partial charge in [-0.25, -0.2) is 4.99 Å². The number of nitrogens with one attached hydrogen (secondary N) is 2.